The number of benzene rings is 1. The van der Waals surface area contributed by atoms with Crippen LogP contribution >= 0.6 is 0 Å². The number of rotatable bonds is 5. The van der Waals surface area contributed by atoms with Crippen LogP contribution in [0.1, 0.15) is 23.4 Å². The molecule has 7 nitrogen and oxygen atoms in total. The summed E-state index contributed by atoms with van der Waals surface area (Å²) in [6, 6.07) is 7.90. The number of amides is 1. The Balaban J connectivity index is 1.77. The molecule has 3 rings (SSSR count). The largest absolute Gasteiger partial charge is 0.322 e. The zero-order valence-electron chi connectivity index (χ0n) is 15.2. The van der Waals surface area contributed by atoms with Crippen LogP contribution in [0.2, 0.25) is 0 Å². The number of anilines is 1. The first-order valence-electron chi connectivity index (χ1n) is 8.63. The Bertz CT molecular complexity index is 911. The van der Waals surface area contributed by atoms with Gasteiger partial charge in [-0.25, -0.2) is 13.1 Å². The second-order valence-electron chi connectivity index (χ2n) is 6.76. The van der Waals surface area contributed by atoms with E-state index >= 15 is 0 Å². The first kappa shape index (κ1) is 18.6. The number of carbonyl (C=O) groups is 1. The lowest BCUT2D eigenvalue weighted by Gasteiger charge is -2.11. The number of carbonyl (C=O) groups excluding carboxylic acids is 1. The molecule has 1 unspecified atom stereocenters. The zero-order chi connectivity index (χ0) is 18.9. The maximum absolute atomic E-state index is 12.3. The van der Waals surface area contributed by atoms with E-state index in [4.69, 9.17) is 0 Å². The highest BCUT2D eigenvalue weighted by atomic mass is 32.2. The summed E-state index contributed by atoms with van der Waals surface area (Å²) in [6.07, 6.45) is 0.555. The maximum Gasteiger partial charge on any atom is 0.239 e. The van der Waals surface area contributed by atoms with Gasteiger partial charge in [0.2, 0.25) is 5.91 Å². The summed E-state index contributed by atoms with van der Waals surface area (Å²) in [5.74, 6) is -1.03. The Morgan fingerprint density at radius 1 is 1.27 bits per heavy atom. The summed E-state index contributed by atoms with van der Waals surface area (Å²) in [7, 11) is -3.46. The molecule has 0 aliphatic carbocycles. The second-order valence-corrected chi connectivity index (χ2v) is 9.04. The molecule has 1 atom stereocenters. The molecular weight excluding hydrogens is 352 g/mol. The lowest BCUT2D eigenvalue weighted by molar-refractivity contribution is -0.113. The highest BCUT2D eigenvalue weighted by molar-refractivity contribution is 7.92. The van der Waals surface area contributed by atoms with E-state index in [0.29, 0.717) is 30.9 Å². The van der Waals surface area contributed by atoms with E-state index in [0.717, 1.165) is 16.9 Å². The molecule has 8 heteroatoms. The number of nitrogens with one attached hydrogen (secondary N) is 2. The molecule has 0 spiro atoms. The number of nitrogens with zero attached hydrogens (tertiary/aromatic N) is 2. The van der Waals surface area contributed by atoms with E-state index in [9.17, 15) is 13.2 Å². The number of aromatic nitrogens is 2. The van der Waals surface area contributed by atoms with Crippen molar-refractivity contribution in [2.45, 2.75) is 32.4 Å². The first-order valence-corrected chi connectivity index (χ1v) is 10.3. The number of sulfone groups is 1. The highest BCUT2D eigenvalue weighted by Crippen LogP contribution is 2.23. The Morgan fingerprint density at radius 3 is 2.58 bits per heavy atom. The van der Waals surface area contributed by atoms with Crippen molar-refractivity contribution in [3.63, 3.8) is 0 Å². The molecule has 1 aromatic heterocycles. The van der Waals surface area contributed by atoms with Crippen molar-refractivity contribution < 1.29 is 13.2 Å². The lowest BCUT2D eigenvalue weighted by atomic mass is 10.2. The molecular formula is C18H24N4O3S. The predicted molar refractivity (Wildman–Crippen MR) is 101 cm³/mol. The topological polar surface area (TPSA) is 93.1 Å². The molecule has 0 bridgehead atoms. The predicted octanol–water partition coefficient (Wildman–Crippen LogP) is 1.51. The molecule has 1 aliphatic rings. The molecule has 2 N–H and O–H groups in total. The van der Waals surface area contributed by atoms with Crippen molar-refractivity contribution in [2.24, 2.45) is 0 Å². The van der Waals surface area contributed by atoms with Crippen LogP contribution in [-0.4, -0.2) is 48.2 Å². The second kappa shape index (κ2) is 7.20. The van der Waals surface area contributed by atoms with Gasteiger partial charge >= 0.3 is 0 Å². The molecule has 1 saturated heterocycles. The number of aryl methyl sites for hydroxylation is 2. The van der Waals surface area contributed by atoms with Gasteiger partial charge in [0.25, 0.3) is 0 Å². The summed E-state index contributed by atoms with van der Waals surface area (Å²) < 4.78 is 26.4. The van der Waals surface area contributed by atoms with Gasteiger partial charge in [-0.2, -0.15) is 5.10 Å². The van der Waals surface area contributed by atoms with Gasteiger partial charge in [0, 0.05) is 6.54 Å². The van der Waals surface area contributed by atoms with Gasteiger partial charge in [-0.1, -0.05) is 17.7 Å². The lowest BCUT2D eigenvalue weighted by Crippen LogP contribution is -2.32. The minimum atomic E-state index is -3.46. The summed E-state index contributed by atoms with van der Waals surface area (Å²) in [4.78, 5) is 12.3. The van der Waals surface area contributed by atoms with Gasteiger partial charge in [-0.05, 0) is 45.9 Å². The Morgan fingerprint density at radius 2 is 1.96 bits per heavy atom. The van der Waals surface area contributed by atoms with E-state index in [1.165, 1.54) is 0 Å². The quantitative estimate of drug-likeness (QED) is 0.825. The minimum Gasteiger partial charge on any atom is -0.322 e. The van der Waals surface area contributed by atoms with Crippen molar-refractivity contribution in [3.8, 4) is 5.69 Å². The zero-order valence-corrected chi connectivity index (χ0v) is 16.1. The van der Waals surface area contributed by atoms with E-state index in [1.807, 2.05) is 38.1 Å². The molecule has 1 fully saturated rings. The molecule has 0 saturated carbocycles. The number of hydrogen-bond donors (Lipinski definition) is 2. The molecule has 1 amide bonds. The molecule has 1 aliphatic heterocycles. The number of hydrogen-bond acceptors (Lipinski definition) is 5. The fraction of sp³-hybridized carbons (Fsp3) is 0.444. The standard InChI is InChI=1S/C18H24N4O3S/c1-12-4-6-15(7-5-12)22-14(3)18(13(2)21-22)20-17(23)11-26(24,25)16-8-9-19-10-16/h4-7,16,19H,8-11H2,1-3H3,(H,20,23). The molecule has 2 aromatic rings. The Hall–Kier alpha value is -2.19. The normalized spacial score (nSPS) is 17.4. The average Bonchev–Trinajstić information content (AvgIpc) is 3.20. The van der Waals surface area contributed by atoms with Gasteiger partial charge in [-0.3, -0.25) is 4.79 Å². The summed E-state index contributed by atoms with van der Waals surface area (Å²) >= 11 is 0. The average molecular weight is 376 g/mol. The Labute approximate surface area is 153 Å². The summed E-state index contributed by atoms with van der Waals surface area (Å²) in [5, 5.41) is 9.76. The smallest absolute Gasteiger partial charge is 0.239 e. The summed E-state index contributed by atoms with van der Waals surface area (Å²) in [5.41, 5.74) is 4.02. The molecule has 1 aromatic carbocycles. The van der Waals surface area contributed by atoms with Crippen molar-refractivity contribution in [3.05, 3.63) is 41.2 Å². The van der Waals surface area contributed by atoms with Crippen LogP contribution < -0.4 is 10.6 Å². The van der Waals surface area contributed by atoms with Gasteiger partial charge in [0.1, 0.15) is 5.75 Å². The third kappa shape index (κ3) is 3.81. The highest BCUT2D eigenvalue weighted by Gasteiger charge is 2.31. The van der Waals surface area contributed by atoms with Gasteiger partial charge in [0.15, 0.2) is 9.84 Å². The fourth-order valence-corrected chi connectivity index (χ4v) is 4.69. The van der Waals surface area contributed by atoms with Crippen LogP contribution in [0.4, 0.5) is 5.69 Å². The monoisotopic (exact) mass is 376 g/mol. The SMILES string of the molecule is Cc1ccc(-n2nc(C)c(NC(=O)CS(=O)(=O)C3CCNC3)c2C)cc1. The van der Waals surface area contributed by atoms with Crippen LogP contribution in [-0.2, 0) is 14.6 Å². The third-order valence-electron chi connectivity index (χ3n) is 4.69. The maximum atomic E-state index is 12.3. The van der Waals surface area contributed by atoms with Gasteiger partial charge < -0.3 is 10.6 Å². The van der Waals surface area contributed by atoms with E-state index < -0.39 is 26.7 Å². The molecule has 2 heterocycles. The van der Waals surface area contributed by atoms with Gasteiger partial charge in [0.05, 0.1) is 28.0 Å². The van der Waals surface area contributed by atoms with Crippen LogP contribution in [0.3, 0.4) is 0 Å². The van der Waals surface area contributed by atoms with E-state index in [2.05, 4.69) is 15.7 Å². The van der Waals surface area contributed by atoms with Crippen LogP contribution in [0, 0.1) is 20.8 Å². The summed E-state index contributed by atoms with van der Waals surface area (Å²) in [6.45, 7) is 6.75. The third-order valence-corrected chi connectivity index (χ3v) is 6.77. The van der Waals surface area contributed by atoms with Crippen LogP contribution in [0.15, 0.2) is 24.3 Å². The van der Waals surface area contributed by atoms with Crippen molar-refractivity contribution >= 4 is 21.4 Å². The van der Waals surface area contributed by atoms with Crippen LogP contribution in [0.25, 0.3) is 5.69 Å². The van der Waals surface area contributed by atoms with E-state index in [-0.39, 0.29) is 0 Å². The van der Waals surface area contributed by atoms with Gasteiger partial charge in [-0.15, -0.1) is 0 Å². The minimum absolute atomic E-state index is 0.416. The fourth-order valence-electron chi connectivity index (χ4n) is 3.17. The molecule has 0 radical (unpaired) electrons. The Kier molecular flexibility index (Phi) is 5.15. The van der Waals surface area contributed by atoms with Crippen molar-refractivity contribution in [2.75, 3.05) is 24.2 Å². The van der Waals surface area contributed by atoms with Crippen molar-refractivity contribution in [1.29, 1.82) is 0 Å². The first-order chi connectivity index (χ1) is 12.3. The molecule has 140 valence electrons. The van der Waals surface area contributed by atoms with Crippen molar-refractivity contribution in [1.82, 2.24) is 15.1 Å². The van der Waals surface area contributed by atoms with E-state index in [1.54, 1.807) is 11.6 Å². The van der Waals surface area contributed by atoms with Crippen LogP contribution in [0.5, 0.6) is 0 Å². The molecule has 26 heavy (non-hydrogen) atoms.